The van der Waals surface area contributed by atoms with Crippen molar-refractivity contribution in [1.82, 2.24) is 25.0 Å². The molecule has 2 unspecified atom stereocenters. The summed E-state index contributed by atoms with van der Waals surface area (Å²) >= 11 is 0. The Kier molecular flexibility index (Phi) is 4.97. The van der Waals surface area contributed by atoms with E-state index in [-0.39, 0.29) is 18.5 Å². The molecule has 1 saturated heterocycles. The van der Waals surface area contributed by atoms with Crippen LogP contribution in [0.25, 0.3) is 5.82 Å². The molecule has 0 bridgehead atoms. The molecule has 2 aromatic heterocycles. The van der Waals surface area contributed by atoms with Gasteiger partial charge in [-0.3, -0.25) is 4.79 Å². The van der Waals surface area contributed by atoms with Crippen LogP contribution in [0.15, 0.2) is 36.8 Å². The Balaban J connectivity index is 1.60. The van der Waals surface area contributed by atoms with Crippen LogP contribution in [-0.2, 0) is 11.3 Å². The van der Waals surface area contributed by atoms with Gasteiger partial charge in [0, 0.05) is 38.2 Å². The number of nitrogens with one attached hydrogen (secondary N) is 1. The van der Waals surface area contributed by atoms with E-state index >= 15 is 0 Å². The third kappa shape index (κ3) is 4.14. The number of nitrogens with zero attached hydrogens (tertiary/aromatic N) is 4. The molecule has 1 aliphatic rings. The Bertz CT molecular complexity index is 747. The summed E-state index contributed by atoms with van der Waals surface area (Å²) < 4.78 is 1.65. The van der Waals surface area contributed by atoms with Crippen molar-refractivity contribution in [2.75, 3.05) is 13.1 Å². The molecule has 0 aliphatic carbocycles. The van der Waals surface area contributed by atoms with Crippen molar-refractivity contribution >= 4 is 12.0 Å². The Morgan fingerprint density at radius 3 is 2.92 bits per heavy atom. The molecule has 0 saturated carbocycles. The number of hydrogen-bond donors (Lipinski definition) is 2. The Morgan fingerprint density at radius 2 is 2.20 bits per heavy atom. The number of amides is 2. The number of carboxylic acid groups (broad SMARTS) is 1. The largest absolute Gasteiger partial charge is 0.481 e. The quantitative estimate of drug-likeness (QED) is 0.877. The molecule has 0 aromatic carbocycles. The normalized spacial score (nSPS) is 20.3. The number of piperidine rings is 1. The first-order valence-electron chi connectivity index (χ1n) is 8.23. The van der Waals surface area contributed by atoms with Gasteiger partial charge in [-0.25, -0.2) is 14.5 Å². The van der Waals surface area contributed by atoms with Crippen LogP contribution in [0.2, 0.25) is 0 Å². The molecule has 2 atom stereocenters. The number of urea groups is 1. The zero-order valence-electron chi connectivity index (χ0n) is 14.0. The average molecular weight is 343 g/mol. The molecular weight excluding hydrogens is 322 g/mol. The zero-order chi connectivity index (χ0) is 17.8. The molecule has 8 heteroatoms. The highest BCUT2D eigenvalue weighted by atomic mass is 16.4. The number of aliphatic carboxylic acids is 1. The summed E-state index contributed by atoms with van der Waals surface area (Å²) in [7, 11) is 0. The lowest BCUT2D eigenvalue weighted by Gasteiger charge is -2.34. The second-order valence-electron chi connectivity index (χ2n) is 6.41. The smallest absolute Gasteiger partial charge is 0.317 e. The summed E-state index contributed by atoms with van der Waals surface area (Å²) in [6.45, 7) is 3.14. The first-order valence-corrected chi connectivity index (χ1v) is 8.23. The van der Waals surface area contributed by atoms with Gasteiger partial charge in [0.25, 0.3) is 0 Å². The van der Waals surface area contributed by atoms with E-state index < -0.39 is 11.9 Å². The SMILES string of the molecule is CC1CC(C(=O)O)CN(C(=O)NCc2ccnc(-n3cccn3)c2)C1. The molecule has 2 amide bonds. The number of carbonyl (C=O) groups excluding carboxylic acids is 1. The molecule has 2 N–H and O–H groups in total. The van der Waals surface area contributed by atoms with E-state index in [1.165, 1.54) is 0 Å². The van der Waals surface area contributed by atoms with Crippen molar-refractivity contribution in [2.24, 2.45) is 11.8 Å². The summed E-state index contributed by atoms with van der Waals surface area (Å²) in [6.07, 6.45) is 5.75. The lowest BCUT2D eigenvalue weighted by Crippen LogP contribution is -2.49. The third-order valence-electron chi connectivity index (χ3n) is 4.29. The monoisotopic (exact) mass is 343 g/mol. The van der Waals surface area contributed by atoms with Gasteiger partial charge in [0.2, 0.25) is 0 Å². The van der Waals surface area contributed by atoms with Crippen molar-refractivity contribution in [3.05, 3.63) is 42.4 Å². The van der Waals surface area contributed by atoms with Crippen molar-refractivity contribution in [2.45, 2.75) is 19.9 Å². The molecule has 132 valence electrons. The number of carbonyl (C=O) groups is 2. The van der Waals surface area contributed by atoms with Crippen LogP contribution in [0.5, 0.6) is 0 Å². The molecule has 1 aliphatic heterocycles. The highest BCUT2D eigenvalue weighted by molar-refractivity contribution is 5.76. The van der Waals surface area contributed by atoms with Crippen LogP contribution in [-0.4, -0.2) is 49.9 Å². The van der Waals surface area contributed by atoms with E-state index in [1.54, 1.807) is 28.2 Å². The van der Waals surface area contributed by atoms with E-state index in [9.17, 15) is 14.7 Å². The number of aromatic nitrogens is 3. The molecule has 0 spiro atoms. The Labute approximate surface area is 145 Å². The summed E-state index contributed by atoms with van der Waals surface area (Å²) in [5, 5.41) is 16.2. The predicted molar refractivity (Wildman–Crippen MR) is 90.1 cm³/mol. The van der Waals surface area contributed by atoms with E-state index in [2.05, 4.69) is 15.4 Å². The lowest BCUT2D eigenvalue weighted by atomic mass is 9.91. The fourth-order valence-electron chi connectivity index (χ4n) is 3.09. The minimum Gasteiger partial charge on any atom is -0.481 e. The van der Waals surface area contributed by atoms with Gasteiger partial charge in [-0.1, -0.05) is 6.92 Å². The lowest BCUT2D eigenvalue weighted by molar-refractivity contribution is -0.143. The number of pyridine rings is 1. The van der Waals surface area contributed by atoms with Gasteiger partial charge in [-0.15, -0.1) is 0 Å². The van der Waals surface area contributed by atoms with E-state index in [1.807, 2.05) is 25.1 Å². The fraction of sp³-hybridized carbons (Fsp3) is 0.412. The topological polar surface area (TPSA) is 100 Å². The second-order valence-corrected chi connectivity index (χ2v) is 6.41. The minimum atomic E-state index is -0.845. The third-order valence-corrected chi connectivity index (χ3v) is 4.29. The predicted octanol–water partition coefficient (Wildman–Crippen LogP) is 1.52. The van der Waals surface area contributed by atoms with Gasteiger partial charge in [0.15, 0.2) is 5.82 Å². The molecule has 1 fully saturated rings. The first-order chi connectivity index (χ1) is 12.0. The maximum atomic E-state index is 12.4. The van der Waals surface area contributed by atoms with Crippen LogP contribution < -0.4 is 5.32 Å². The maximum absolute atomic E-state index is 12.4. The number of carboxylic acids is 1. The molecule has 0 radical (unpaired) electrons. The highest BCUT2D eigenvalue weighted by Gasteiger charge is 2.31. The maximum Gasteiger partial charge on any atom is 0.317 e. The van der Waals surface area contributed by atoms with Gasteiger partial charge in [0.1, 0.15) is 0 Å². The summed E-state index contributed by atoms with van der Waals surface area (Å²) in [6, 6.07) is 5.25. The molecule has 2 aromatic rings. The van der Waals surface area contributed by atoms with Crippen LogP contribution in [0.3, 0.4) is 0 Å². The van der Waals surface area contributed by atoms with Crippen LogP contribution in [0.4, 0.5) is 4.79 Å². The van der Waals surface area contributed by atoms with Crippen molar-refractivity contribution in [3.63, 3.8) is 0 Å². The standard InChI is InChI=1S/C17H21N5O3/c1-12-7-14(16(23)24)11-21(10-12)17(25)19-9-13-3-5-18-15(8-13)22-6-2-4-20-22/h2-6,8,12,14H,7,9-11H2,1H3,(H,19,25)(H,23,24). The van der Waals surface area contributed by atoms with Crippen LogP contribution >= 0.6 is 0 Å². The van der Waals surface area contributed by atoms with Crippen molar-refractivity contribution in [3.8, 4) is 5.82 Å². The molecule has 3 rings (SSSR count). The number of likely N-dealkylation sites (tertiary alicyclic amines) is 1. The van der Waals surface area contributed by atoms with Crippen molar-refractivity contribution in [1.29, 1.82) is 0 Å². The number of hydrogen-bond acceptors (Lipinski definition) is 4. The number of rotatable bonds is 4. The fourth-order valence-corrected chi connectivity index (χ4v) is 3.09. The summed E-state index contributed by atoms with van der Waals surface area (Å²) in [5.41, 5.74) is 0.897. The molecule has 8 nitrogen and oxygen atoms in total. The second kappa shape index (κ2) is 7.33. The van der Waals surface area contributed by atoms with Gasteiger partial charge in [-0.2, -0.15) is 5.10 Å². The Morgan fingerprint density at radius 1 is 1.36 bits per heavy atom. The first kappa shape index (κ1) is 16.9. The van der Waals surface area contributed by atoms with Crippen LogP contribution in [0, 0.1) is 11.8 Å². The molecule has 3 heterocycles. The Hall–Kier alpha value is -2.90. The molecular formula is C17H21N5O3. The summed E-state index contributed by atoms with van der Waals surface area (Å²) in [4.78, 5) is 29.4. The zero-order valence-corrected chi connectivity index (χ0v) is 14.0. The van der Waals surface area contributed by atoms with Gasteiger partial charge >= 0.3 is 12.0 Å². The van der Waals surface area contributed by atoms with Gasteiger partial charge < -0.3 is 15.3 Å². The van der Waals surface area contributed by atoms with E-state index in [0.29, 0.717) is 25.3 Å². The van der Waals surface area contributed by atoms with E-state index in [0.717, 1.165) is 5.56 Å². The molecule has 25 heavy (non-hydrogen) atoms. The average Bonchev–Trinajstić information content (AvgIpc) is 3.14. The summed E-state index contributed by atoms with van der Waals surface area (Å²) in [5.74, 6) is -0.494. The highest BCUT2D eigenvalue weighted by Crippen LogP contribution is 2.21. The van der Waals surface area contributed by atoms with Gasteiger partial charge in [-0.05, 0) is 36.1 Å². The van der Waals surface area contributed by atoms with E-state index in [4.69, 9.17) is 0 Å². The minimum absolute atomic E-state index is 0.174. The van der Waals surface area contributed by atoms with Gasteiger partial charge in [0.05, 0.1) is 5.92 Å². The van der Waals surface area contributed by atoms with Crippen molar-refractivity contribution < 1.29 is 14.7 Å². The van der Waals surface area contributed by atoms with Crippen LogP contribution in [0.1, 0.15) is 18.9 Å².